The highest BCUT2D eigenvalue weighted by Gasteiger charge is 2.33. The van der Waals surface area contributed by atoms with Crippen LogP contribution in [0.4, 0.5) is 19.1 Å². The fraction of sp³-hybridized carbons (Fsp3) is 0.364. The minimum atomic E-state index is -4.56. The Morgan fingerprint density at radius 2 is 2.05 bits per heavy atom. The second kappa shape index (κ2) is 4.87. The maximum absolute atomic E-state index is 12.7. The molecular weight excluding hydrogens is 259 g/mol. The Balaban J connectivity index is 2.50. The molecule has 2 rings (SSSR count). The average molecular weight is 271 g/mol. The molecule has 2 N–H and O–H groups in total. The van der Waals surface area contributed by atoms with Gasteiger partial charge in [-0.3, -0.25) is 4.57 Å². The molecule has 0 radical (unpaired) electrons. The van der Waals surface area contributed by atoms with Crippen LogP contribution in [0.25, 0.3) is 5.82 Å². The van der Waals surface area contributed by atoms with Gasteiger partial charge in [0.2, 0.25) is 5.95 Å². The molecule has 102 valence electrons. The van der Waals surface area contributed by atoms with Gasteiger partial charge in [-0.05, 0) is 6.42 Å². The van der Waals surface area contributed by atoms with E-state index in [1.807, 2.05) is 6.92 Å². The Labute approximate surface area is 107 Å². The number of hydrogen-bond donors (Lipinski definition) is 1. The van der Waals surface area contributed by atoms with Gasteiger partial charge in [-0.1, -0.05) is 6.92 Å². The first-order chi connectivity index (χ1) is 8.91. The normalized spacial score (nSPS) is 11.8. The summed E-state index contributed by atoms with van der Waals surface area (Å²) in [4.78, 5) is 11.1. The third-order valence-corrected chi connectivity index (χ3v) is 2.46. The summed E-state index contributed by atoms with van der Waals surface area (Å²) < 4.78 is 39.5. The van der Waals surface area contributed by atoms with Crippen molar-refractivity contribution in [2.75, 3.05) is 5.73 Å². The predicted octanol–water partition coefficient (Wildman–Crippen LogP) is 2.22. The molecule has 2 heterocycles. The number of aryl methyl sites for hydroxylation is 1. The van der Waals surface area contributed by atoms with Gasteiger partial charge >= 0.3 is 6.18 Å². The second-order valence-corrected chi connectivity index (χ2v) is 3.93. The summed E-state index contributed by atoms with van der Waals surface area (Å²) in [6, 6.07) is 0.858. The lowest BCUT2D eigenvalue weighted by atomic mass is 10.3. The van der Waals surface area contributed by atoms with Crippen LogP contribution in [-0.4, -0.2) is 19.5 Å². The Morgan fingerprint density at radius 3 is 2.68 bits per heavy atom. The van der Waals surface area contributed by atoms with E-state index in [2.05, 4.69) is 15.0 Å². The summed E-state index contributed by atoms with van der Waals surface area (Å²) in [7, 11) is 0. The molecular formula is C11H12F3N5. The summed E-state index contributed by atoms with van der Waals surface area (Å²) in [5.74, 6) is 0.287. The molecule has 5 nitrogen and oxygen atoms in total. The maximum atomic E-state index is 12.7. The lowest BCUT2D eigenvalue weighted by molar-refractivity contribution is -0.141. The van der Waals surface area contributed by atoms with Crippen molar-refractivity contribution < 1.29 is 13.2 Å². The fourth-order valence-electron chi connectivity index (χ4n) is 1.67. The van der Waals surface area contributed by atoms with E-state index in [1.165, 1.54) is 10.8 Å². The quantitative estimate of drug-likeness (QED) is 0.929. The van der Waals surface area contributed by atoms with Crippen molar-refractivity contribution in [2.24, 2.45) is 0 Å². The molecule has 0 spiro atoms. The summed E-state index contributed by atoms with van der Waals surface area (Å²) in [5.41, 5.74) is 4.27. The fourth-order valence-corrected chi connectivity index (χ4v) is 1.67. The average Bonchev–Trinajstić information content (AvgIpc) is 2.76. The number of anilines is 1. The molecule has 0 saturated carbocycles. The number of hydrogen-bond acceptors (Lipinski definition) is 4. The molecule has 0 aromatic carbocycles. The van der Waals surface area contributed by atoms with Crippen molar-refractivity contribution in [3.63, 3.8) is 0 Å². The number of aromatic nitrogens is 4. The minimum Gasteiger partial charge on any atom is -0.368 e. The summed E-state index contributed by atoms with van der Waals surface area (Å²) in [6.45, 7) is 1.95. The lowest BCUT2D eigenvalue weighted by Gasteiger charge is -2.10. The van der Waals surface area contributed by atoms with Crippen molar-refractivity contribution >= 4 is 5.95 Å². The van der Waals surface area contributed by atoms with Crippen molar-refractivity contribution in [1.82, 2.24) is 19.5 Å². The number of halogens is 3. The summed E-state index contributed by atoms with van der Waals surface area (Å²) in [6.07, 6.45) is -0.0389. The Hall–Kier alpha value is -2.12. The van der Waals surface area contributed by atoms with Crippen molar-refractivity contribution in [3.05, 3.63) is 30.0 Å². The molecule has 2 aromatic rings. The zero-order valence-electron chi connectivity index (χ0n) is 10.1. The van der Waals surface area contributed by atoms with Crippen LogP contribution in [0.3, 0.4) is 0 Å². The van der Waals surface area contributed by atoms with Crippen LogP contribution >= 0.6 is 0 Å². The summed E-state index contributed by atoms with van der Waals surface area (Å²) in [5, 5.41) is 0. The first-order valence-electron chi connectivity index (χ1n) is 5.66. The van der Waals surface area contributed by atoms with Gasteiger partial charge in [0, 0.05) is 24.9 Å². The lowest BCUT2D eigenvalue weighted by Crippen LogP contribution is -2.13. The smallest absolute Gasteiger partial charge is 0.368 e. The van der Waals surface area contributed by atoms with Crippen LogP contribution in [-0.2, 0) is 12.6 Å². The Bertz CT molecular complexity index is 576. The topological polar surface area (TPSA) is 69.6 Å². The molecule has 0 atom stereocenters. The predicted molar refractivity (Wildman–Crippen MR) is 62.6 cm³/mol. The SMILES string of the molecule is CCCc1nccn1-c1cc(C(F)(F)F)nc(N)n1. The number of imidazole rings is 1. The van der Waals surface area contributed by atoms with Gasteiger partial charge in [0.1, 0.15) is 11.6 Å². The van der Waals surface area contributed by atoms with Crippen molar-refractivity contribution in [3.8, 4) is 5.82 Å². The van der Waals surface area contributed by atoms with Gasteiger partial charge in [-0.2, -0.15) is 18.2 Å². The van der Waals surface area contributed by atoms with E-state index in [0.717, 1.165) is 12.5 Å². The summed E-state index contributed by atoms with van der Waals surface area (Å²) >= 11 is 0. The van der Waals surface area contributed by atoms with Crippen LogP contribution in [0, 0.1) is 0 Å². The molecule has 0 saturated heterocycles. The third-order valence-electron chi connectivity index (χ3n) is 2.46. The molecule has 0 aliphatic carbocycles. The molecule has 8 heteroatoms. The zero-order valence-corrected chi connectivity index (χ0v) is 10.1. The van der Waals surface area contributed by atoms with Crippen molar-refractivity contribution in [2.45, 2.75) is 25.9 Å². The third kappa shape index (κ3) is 2.83. The number of alkyl halides is 3. The largest absolute Gasteiger partial charge is 0.433 e. The van der Waals surface area contributed by atoms with E-state index in [4.69, 9.17) is 5.73 Å². The van der Waals surface area contributed by atoms with Crippen LogP contribution in [0.15, 0.2) is 18.5 Å². The van der Waals surface area contributed by atoms with Gasteiger partial charge in [-0.25, -0.2) is 9.97 Å². The highest BCUT2D eigenvalue weighted by atomic mass is 19.4. The van der Waals surface area contributed by atoms with Gasteiger partial charge in [-0.15, -0.1) is 0 Å². The molecule has 0 aliphatic rings. The highest BCUT2D eigenvalue weighted by Crippen LogP contribution is 2.29. The van der Waals surface area contributed by atoms with E-state index < -0.39 is 17.8 Å². The van der Waals surface area contributed by atoms with Crippen LogP contribution < -0.4 is 5.73 Å². The molecule has 0 bridgehead atoms. The Kier molecular flexibility index (Phi) is 3.41. The molecule has 2 aromatic heterocycles. The molecule has 0 amide bonds. The Morgan fingerprint density at radius 1 is 1.32 bits per heavy atom. The molecule has 0 aliphatic heterocycles. The zero-order chi connectivity index (χ0) is 14.0. The van der Waals surface area contributed by atoms with E-state index >= 15 is 0 Å². The van der Waals surface area contributed by atoms with Gasteiger partial charge in [0.15, 0.2) is 5.69 Å². The monoisotopic (exact) mass is 271 g/mol. The van der Waals surface area contributed by atoms with Gasteiger partial charge in [0.05, 0.1) is 0 Å². The number of rotatable bonds is 3. The highest BCUT2D eigenvalue weighted by molar-refractivity contribution is 5.34. The van der Waals surface area contributed by atoms with E-state index in [1.54, 1.807) is 6.20 Å². The number of nitrogens with zero attached hydrogens (tertiary/aromatic N) is 4. The number of nitrogens with two attached hydrogens (primary N) is 1. The van der Waals surface area contributed by atoms with Gasteiger partial charge < -0.3 is 5.73 Å². The van der Waals surface area contributed by atoms with E-state index in [0.29, 0.717) is 12.2 Å². The van der Waals surface area contributed by atoms with Gasteiger partial charge in [0.25, 0.3) is 0 Å². The standard InChI is InChI=1S/C11H12F3N5/c1-2-3-8-16-4-5-19(8)9-6-7(11(12,13)14)17-10(15)18-9/h4-6H,2-3H2,1H3,(H2,15,17,18). The minimum absolute atomic E-state index is 0.0702. The first-order valence-corrected chi connectivity index (χ1v) is 5.66. The van der Waals surface area contributed by atoms with Crippen LogP contribution in [0.5, 0.6) is 0 Å². The molecule has 0 fully saturated rings. The van der Waals surface area contributed by atoms with E-state index in [-0.39, 0.29) is 5.82 Å². The molecule has 19 heavy (non-hydrogen) atoms. The maximum Gasteiger partial charge on any atom is 0.433 e. The van der Waals surface area contributed by atoms with E-state index in [9.17, 15) is 13.2 Å². The van der Waals surface area contributed by atoms with Crippen LogP contribution in [0.2, 0.25) is 0 Å². The number of nitrogen functional groups attached to an aromatic ring is 1. The second-order valence-electron chi connectivity index (χ2n) is 3.93. The first kappa shape index (κ1) is 13.3. The molecule has 0 unspecified atom stereocenters. The van der Waals surface area contributed by atoms with Crippen molar-refractivity contribution in [1.29, 1.82) is 0 Å². The van der Waals surface area contributed by atoms with Crippen LogP contribution in [0.1, 0.15) is 24.9 Å².